The van der Waals surface area contributed by atoms with Crippen molar-refractivity contribution in [3.8, 4) is 0 Å². The number of benzene rings is 2. The quantitative estimate of drug-likeness (QED) is 0.428. The highest BCUT2D eigenvalue weighted by Gasteiger charge is 2.44. The summed E-state index contributed by atoms with van der Waals surface area (Å²) in [5, 5.41) is 11.3. The first-order valence-corrected chi connectivity index (χ1v) is 10.9. The zero-order valence-electron chi connectivity index (χ0n) is 16.4. The minimum absolute atomic E-state index is 0.102. The molecule has 4 rings (SSSR count). The fraction of sp³-hybridized carbons (Fsp3) is 0.381. The zero-order valence-corrected chi connectivity index (χ0v) is 18.7. The van der Waals surface area contributed by atoms with Crippen LogP contribution in [0.5, 0.6) is 0 Å². The predicted molar refractivity (Wildman–Crippen MR) is 118 cm³/mol. The van der Waals surface area contributed by atoms with Crippen molar-refractivity contribution in [2.75, 3.05) is 11.4 Å². The number of nitrogens with zero attached hydrogens (tertiary/aromatic N) is 3. The van der Waals surface area contributed by atoms with Gasteiger partial charge in [0.2, 0.25) is 5.95 Å². The number of hydrogen-bond donors (Lipinski definition) is 1. The molecule has 2 unspecified atom stereocenters. The topological polar surface area (TPSA) is 41.3 Å². The summed E-state index contributed by atoms with van der Waals surface area (Å²) in [7, 11) is 0. The van der Waals surface area contributed by atoms with Crippen LogP contribution in [0.25, 0.3) is 11.0 Å². The van der Waals surface area contributed by atoms with Gasteiger partial charge in [-0.25, -0.2) is 4.98 Å². The van der Waals surface area contributed by atoms with Crippen LogP contribution in [-0.2, 0) is 6.54 Å². The molecule has 0 bridgehead atoms. The number of fused-ring (bicyclic) bond motifs is 3. The smallest absolute Gasteiger partial charge is 0.383 e. The van der Waals surface area contributed by atoms with E-state index in [0.29, 0.717) is 56.4 Å². The molecule has 0 fully saturated rings. The Morgan fingerprint density at radius 1 is 1.10 bits per heavy atom. The van der Waals surface area contributed by atoms with Crippen molar-refractivity contribution in [2.24, 2.45) is 0 Å². The molecule has 1 aliphatic rings. The van der Waals surface area contributed by atoms with Gasteiger partial charge in [-0.2, -0.15) is 13.2 Å². The fourth-order valence-corrected chi connectivity index (χ4v) is 4.90. The molecule has 0 saturated carbocycles. The number of aliphatic hydroxyl groups excluding tert-OH is 1. The number of hydrogen-bond acceptors (Lipinski definition) is 3. The molecule has 2 atom stereocenters. The van der Waals surface area contributed by atoms with Gasteiger partial charge in [0.05, 0.1) is 21.2 Å². The highest BCUT2D eigenvalue weighted by molar-refractivity contribution is 6.36. The molecule has 1 aliphatic heterocycles. The second-order valence-electron chi connectivity index (χ2n) is 7.50. The van der Waals surface area contributed by atoms with Gasteiger partial charge in [0, 0.05) is 24.0 Å². The zero-order chi connectivity index (χ0) is 22.5. The number of halogens is 6. The van der Waals surface area contributed by atoms with E-state index in [1.54, 1.807) is 31.2 Å². The first kappa shape index (κ1) is 22.5. The Labute approximate surface area is 192 Å². The second-order valence-corrected chi connectivity index (χ2v) is 8.75. The SMILES string of the molecule is CCC(c1ccc(Cl)c2nc3n(c12)CCCN3c1ccc(Cl)cc1Cl)C(O)C(F)(F)F. The molecular weight excluding hydrogens is 474 g/mol. The summed E-state index contributed by atoms with van der Waals surface area (Å²) in [6.07, 6.45) is -6.40. The van der Waals surface area contributed by atoms with E-state index >= 15 is 0 Å². The van der Waals surface area contributed by atoms with E-state index in [1.807, 2.05) is 9.47 Å². The maximum atomic E-state index is 13.3. The highest BCUT2D eigenvalue weighted by atomic mass is 35.5. The Morgan fingerprint density at radius 3 is 2.48 bits per heavy atom. The molecule has 0 amide bonds. The molecule has 2 aromatic carbocycles. The molecule has 10 heteroatoms. The molecule has 1 N–H and O–H groups in total. The summed E-state index contributed by atoms with van der Waals surface area (Å²) >= 11 is 18.8. The van der Waals surface area contributed by atoms with Gasteiger partial charge in [0.1, 0.15) is 5.52 Å². The van der Waals surface area contributed by atoms with E-state index in [2.05, 4.69) is 4.98 Å². The number of aromatic nitrogens is 2. The van der Waals surface area contributed by atoms with Crippen molar-refractivity contribution < 1.29 is 18.3 Å². The standard InChI is InChI=1S/C21H19Cl3F3N3O/c1-2-12(19(31)21(25,26)27)13-5-6-14(23)17-18(13)30-9-3-8-29(20(30)28-17)16-7-4-11(22)10-15(16)24/h4-7,10,12,19,31H,2-3,8-9H2,1H3. The lowest BCUT2D eigenvalue weighted by atomic mass is 9.89. The maximum absolute atomic E-state index is 13.3. The molecule has 166 valence electrons. The summed E-state index contributed by atoms with van der Waals surface area (Å²) in [5.74, 6) is -0.605. The Balaban J connectivity index is 1.92. The first-order valence-electron chi connectivity index (χ1n) is 9.79. The number of alkyl halides is 3. The third-order valence-electron chi connectivity index (χ3n) is 5.62. The number of imidazole rings is 1. The fourth-order valence-electron chi connectivity index (χ4n) is 4.19. The second kappa shape index (κ2) is 8.35. The van der Waals surface area contributed by atoms with Crippen LogP contribution in [0.1, 0.15) is 31.2 Å². The van der Waals surface area contributed by atoms with Crippen molar-refractivity contribution in [3.63, 3.8) is 0 Å². The third-order valence-corrected chi connectivity index (χ3v) is 6.46. The Bertz CT molecular complexity index is 1130. The van der Waals surface area contributed by atoms with Crippen molar-refractivity contribution >= 4 is 57.5 Å². The summed E-state index contributed by atoms with van der Waals surface area (Å²) in [6.45, 7) is 2.80. The van der Waals surface area contributed by atoms with Gasteiger partial charge in [-0.3, -0.25) is 0 Å². The molecule has 1 aromatic heterocycles. The minimum Gasteiger partial charge on any atom is -0.383 e. The van der Waals surface area contributed by atoms with Crippen LogP contribution >= 0.6 is 34.8 Å². The van der Waals surface area contributed by atoms with Crippen molar-refractivity contribution in [3.05, 3.63) is 51.0 Å². The van der Waals surface area contributed by atoms with Gasteiger partial charge in [0.15, 0.2) is 6.10 Å². The Kier molecular flexibility index (Phi) is 6.07. The van der Waals surface area contributed by atoms with Crippen molar-refractivity contribution in [1.29, 1.82) is 0 Å². The molecule has 31 heavy (non-hydrogen) atoms. The predicted octanol–water partition coefficient (Wildman–Crippen LogP) is 6.96. The third kappa shape index (κ3) is 3.97. The van der Waals surface area contributed by atoms with Gasteiger partial charge < -0.3 is 14.6 Å². The normalized spacial score (nSPS) is 16.5. The van der Waals surface area contributed by atoms with E-state index in [-0.39, 0.29) is 6.42 Å². The van der Waals surface area contributed by atoms with Gasteiger partial charge in [-0.15, -0.1) is 0 Å². The van der Waals surface area contributed by atoms with E-state index < -0.39 is 18.2 Å². The summed E-state index contributed by atoms with van der Waals surface area (Å²) in [5.41, 5.74) is 1.98. The lowest BCUT2D eigenvalue weighted by Gasteiger charge is -2.31. The van der Waals surface area contributed by atoms with Gasteiger partial charge >= 0.3 is 6.18 Å². The number of anilines is 2. The first-order chi connectivity index (χ1) is 14.6. The van der Waals surface area contributed by atoms with E-state index in [1.165, 1.54) is 6.07 Å². The molecule has 4 nitrogen and oxygen atoms in total. The summed E-state index contributed by atoms with van der Waals surface area (Å²) in [6, 6.07) is 8.21. The van der Waals surface area contributed by atoms with Crippen LogP contribution in [0.4, 0.5) is 24.8 Å². The van der Waals surface area contributed by atoms with Crippen LogP contribution in [0.3, 0.4) is 0 Å². The monoisotopic (exact) mass is 491 g/mol. The molecule has 0 saturated heterocycles. The van der Waals surface area contributed by atoms with Crippen molar-refractivity contribution in [2.45, 2.75) is 44.5 Å². The largest absolute Gasteiger partial charge is 0.414 e. The van der Waals surface area contributed by atoms with Crippen LogP contribution in [-0.4, -0.2) is 33.5 Å². The van der Waals surface area contributed by atoms with E-state index in [4.69, 9.17) is 34.8 Å². The molecular formula is C21H19Cl3F3N3O. The van der Waals surface area contributed by atoms with Crippen molar-refractivity contribution in [1.82, 2.24) is 9.55 Å². The summed E-state index contributed by atoms with van der Waals surface area (Å²) in [4.78, 5) is 6.58. The van der Waals surface area contributed by atoms with Gasteiger partial charge in [-0.05, 0) is 42.7 Å². The number of aryl methyl sites for hydroxylation is 1. The average molecular weight is 493 g/mol. The molecule has 0 aliphatic carbocycles. The van der Waals surface area contributed by atoms with Gasteiger partial charge in [0.25, 0.3) is 0 Å². The van der Waals surface area contributed by atoms with E-state index in [9.17, 15) is 18.3 Å². The molecule has 3 aromatic rings. The molecule has 2 heterocycles. The highest BCUT2D eigenvalue weighted by Crippen LogP contribution is 2.43. The van der Waals surface area contributed by atoms with Gasteiger partial charge in [-0.1, -0.05) is 47.8 Å². The van der Waals surface area contributed by atoms with Crippen LogP contribution in [0, 0.1) is 0 Å². The van der Waals surface area contributed by atoms with Crippen LogP contribution in [0.2, 0.25) is 15.1 Å². The lowest BCUT2D eigenvalue weighted by Crippen LogP contribution is -2.34. The Morgan fingerprint density at radius 2 is 1.84 bits per heavy atom. The maximum Gasteiger partial charge on any atom is 0.414 e. The number of rotatable bonds is 4. The minimum atomic E-state index is -4.74. The van der Waals surface area contributed by atoms with E-state index in [0.717, 1.165) is 6.42 Å². The lowest BCUT2D eigenvalue weighted by molar-refractivity contribution is -0.210. The molecule has 0 radical (unpaired) electrons. The molecule has 0 spiro atoms. The summed E-state index contributed by atoms with van der Waals surface area (Å²) < 4.78 is 41.9. The van der Waals surface area contributed by atoms with Crippen LogP contribution < -0.4 is 4.90 Å². The van der Waals surface area contributed by atoms with Crippen LogP contribution in [0.15, 0.2) is 30.3 Å². The Hall–Kier alpha value is -1.67. The average Bonchev–Trinajstić information content (AvgIpc) is 3.10. The number of aliphatic hydroxyl groups is 1.